The molecule has 0 saturated carbocycles. The normalized spacial score (nSPS) is 14.7. The molecule has 0 aliphatic carbocycles. The van der Waals surface area contributed by atoms with Gasteiger partial charge in [0.1, 0.15) is 0 Å². The van der Waals surface area contributed by atoms with E-state index in [1.54, 1.807) is 7.05 Å². The van der Waals surface area contributed by atoms with Crippen LogP contribution in [0.15, 0.2) is 9.59 Å². The second-order valence-corrected chi connectivity index (χ2v) is 4.03. The molecular weight excluding hydrogens is 196 g/mol. The van der Waals surface area contributed by atoms with Crippen molar-refractivity contribution < 1.29 is 4.74 Å². The second kappa shape index (κ2) is 3.34. The van der Waals surface area contributed by atoms with Crippen molar-refractivity contribution in [1.82, 2.24) is 9.13 Å². The summed E-state index contributed by atoms with van der Waals surface area (Å²) in [6, 6.07) is -0.123. The van der Waals surface area contributed by atoms with Crippen LogP contribution in [0, 0.1) is 0 Å². The van der Waals surface area contributed by atoms with Crippen LogP contribution in [0.4, 0.5) is 0 Å². The van der Waals surface area contributed by atoms with Gasteiger partial charge in [0.05, 0.1) is 24.5 Å². The minimum absolute atomic E-state index is 0.123. The third-order valence-electron chi connectivity index (χ3n) is 2.72. The zero-order chi connectivity index (χ0) is 11.2. The van der Waals surface area contributed by atoms with Crippen molar-refractivity contribution >= 4 is 0 Å². The van der Waals surface area contributed by atoms with Gasteiger partial charge < -0.3 is 4.74 Å². The average molecular weight is 210 g/mol. The molecule has 0 fully saturated rings. The highest BCUT2D eigenvalue weighted by Crippen LogP contribution is 2.13. The van der Waals surface area contributed by atoms with Gasteiger partial charge in [-0.3, -0.25) is 13.9 Å². The molecule has 1 aliphatic rings. The molecule has 0 N–H and O–H groups in total. The minimum Gasteiger partial charge on any atom is -0.370 e. The minimum atomic E-state index is -0.265. The molecule has 5 nitrogen and oxygen atoms in total. The molecule has 0 radical (unpaired) electrons. The summed E-state index contributed by atoms with van der Waals surface area (Å²) in [6.45, 7) is 4.32. The highest BCUT2D eigenvalue weighted by Gasteiger charge is 2.22. The topological polar surface area (TPSA) is 53.2 Å². The van der Waals surface area contributed by atoms with Gasteiger partial charge in [-0.1, -0.05) is 0 Å². The van der Waals surface area contributed by atoms with Crippen molar-refractivity contribution in [3.8, 4) is 0 Å². The molecule has 0 saturated heterocycles. The Morgan fingerprint density at radius 2 is 1.93 bits per heavy atom. The van der Waals surface area contributed by atoms with Gasteiger partial charge in [0.15, 0.2) is 0 Å². The Morgan fingerprint density at radius 1 is 1.27 bits per heavy atom. The van der Waals surface area contributed by atoms with Crippen LogP contribution in [0.5, 0.6) is 0 Å². The van der Waals surface area contributed by atoms with Crippen LogP contribution in [0.25, 0.3) is 0 Å². The van der Waals surface area contributed by atoms with E-state index >= 15 is 0 Å². The molecule has 2 rings (SSSR count). The highest BCUT2D eigenvalue weighted by atomic mass is 16.5. The Labute approximate surface area is 86.9 Å². The van der Waals surface area contributed by atoms with E-state index in [2.05, 4.69) is 0 Å². The van der Waals surface area contributed by atoms with Crippen LogP contribution in [-0.4, -0.2) is 9.13 Å². The Bertz CT molecular complexity index is 511. The van der Waals surface area contributed by atoms with E-state index < -0.39 is 0 Å². The van der Waals surface area contributed by atoms with E-state index in [9.17, 15) is 9.59 Å². The van der Waals surface area contributed by atoms with Gasteiger partial charge in [0, 0.05) is 13.1 Å². The fraction of sp³-hybridized carbons (Fsp3) is 0.600. The van der Waals surface area contributed by atoms with Crippen molar-refractivity contribution in [3.63, 3.8) is 0 Å². The summed E-state index contributed by atoms with van der Waals surface area (Å²) < 4.78 is 7.97. The first-order chi connectivity index (χ1) is 7.04. The maximum Gasteiger partial charge on any atom is 0.331 e. The van der Waals surface area contributed by atoms with Crippen LogP contribution in [-0.2, 0) is 25.0 Å². The summed E-state index contributed by atoms with van der Waals surface area (Å²) in [7, 11) is 1.67. The Hall–Kier alpha value is -1.36. The molecule has 0 unspecified atom stereocenters. The lowest BCUT2D eigenvalue weighted by Crippen LogP contribution is -2.42. The van der Waals surface area contributed by atoms with Crippen molar-refractivity contribution in [2.75, 3.05) is 0 Å². The average Bonchev–Trinajstić information content (AvgIpc) is 2.62. The summed E-state index contributed by atoms with van der Waals surface area (Å²) >= 11 is 0. The van der Waals surface area contributed by atoms with E-state index in [0.717, 1.165) is 0 Å². The molecule has 5 heteroatoms. The van der Waals surface area contributed by atoms with Crippen LogP contribution in [0.3, 0.4) is 0 Å². The SMILES string of the molecule is CC(C)n1c(=O)c2c(n(C)c1=O)COC2. The molecule has 0 amide bonds. The van der Waals surface area contributed by atoms with Crippen LogP contribution >= 0.6 is 0 Å². The fourth-order valence-corrected chi connectivity index (χ4v) is 1.87. The molecule has 15 heavy (non-hydrogen) atoms. The third-order valence-corrected chi connectivity index (χ3v) is 2.72. The lowest BCUT2D eigenvalue weighted by atomic mass is 10.2. The Kier molecular flexibility index (Phi) is 2.26. The summed E-state index contributed by atoms with van der Waals surface area (Å²) in [5.74, 6) is 0. The fourth-order valence-electron chi connectivity index (χ4n) is 1.87. The number of ether oxygens (including phenoxy) is 1. The lowest BCUT2D eigenvalue weighted by molar-refractivity contribution is 0.131. The first-order valence-corrected chi connectivity index (χ1v) is 4.95. The number of aromatic nitrogens is 2. The number of fused-ring (bicyclic) bond motifs is 1. The quantitative estimate of drug-likeness (QED) is 0.663. The van der Waals surface area contributed by atoms with Gasteiger partial charge in [-0.25, -0.2) is 4.79 Å². The van der Waals surface area contributed by atoms with E-state index in [1.807, 2.05) is 13.8 Å². The molecular formula is C10H14N2O3. The van der Waals surface area contributed by atoms with E-state index in [1.165, 1.54) is 9.13 Å². The van der Waals surface area contributed by atoms with Crippen LogP contribution < -0.4 is 11.2 Å². The number of hydrogen-bond donors (Lipinski definition) is 0. The van der Waals surface area contributed by atoms with Crippen LogP contribution in [0.1, 0.15) is 31.1 Å². The predicted molar refractivity (Wildman–Crippen MR) is 54.8 cm³/mol. The monoisotopic (exact) mass is 210 g/mol. The van der Waals surface area contributed by atoms with Gasteiger partial charge in [-0.05, 0) is 13.8 Å². The number of rotatable bonds is 1. The molecule has 0 aromatic carbocycles. The Morgan fingerprint density at radius 3 is 2.53 bits per heavy atom. The largest absolute Gasteiger partial charge is 0.370 e. The van der Waals surface area contributed by atoms with Crippen molar-refractivity contribution in [2.24, 2.45) is 7.05 Å². The maximum absolute atomic E-state index is 11.9. The molecule has 1 aliphatic heterocycles. The molecule has 0 spiro atoms. The third kappa shape index (κ3) is 1.34. The van der Waals surface area contributed by atoms with E-state index in [4.69, 9.17) is 4.74 Å². The maximum atomic E-state index is 11.9. The Balaban J connectivity index is 2.86. The van der Waals surface area contributed by atoms with Gasteiger partial charge in [0.2, 0.25) is 0 Å². The van der Waals surface area contributed by atoms with E-state index in [0.29, 0.717) is 24.5 Å². The summed E-state index contributed by atoms with van der Waals surface area (Å²) in [4.78, 5) is 23.8. The molecule has 2 heterocycles. The smallest absolute Gasteiger partial charge is 0.331 e. The van der Waals surface area contributed by atoms with Crippen LogP contribution in [0.2, 0.25) is 0 Å². The predicted octanol–water partition coefficient (Wildman–Crippen LogP) is 0.158. The van der Waals surface area contributed by atoms with Crippen molar-refractivity contribution in [1.29, 1.82) is 0 Å². The first kappa shape index (κ1) is 10.2. The first-order valence-electron chi connectivity index (χ1n) is 4.95. The van der Waals surface area contributed by atoms with Gasteiger partial charge >= 0.3 is 5.69 Å². The van der Waals surface area contributed by atoms with E-state index in [-0.39, 0.29) is 17.3 Å². The van der Waals surface area contributed by atoms with Crippen molar-refractivity contribution in [2.45, 2.75) is 33.1 Å². The molecule has 1 aromatic heterocycles. The van der Waals surface area contributed by atoms with Gasteiger partial charge in [-0.15, -0.1) is 0 Å². The highest BCUT2D eigenvalue weighted by molar-refractivity contribution is 5.19. The molecule has 0 bridgehead atoms. The zero-order valence-corrected chi connectivity index (χ0v) is 9.11. The number of hydrogen-bond acceptors (Lipinski definition) is 3. The second-order valence-electron chi connectivity index (χ2n) is 4.03. The summed E-state index contributed by atoms with van der Waals surface area (Å²) in [5.41, 5.74) is 0.854. The summed E-state index contributed by atoms with van der Waals surface area (Å²) in [6.07, 6.45) is 0. The summed E-state index contributed by atoms with van der Waals surface area (Å²) in [5, 5.41) is 0. The lowest BCUT2D eigenvalue weighted by Gasteiger charge is -2.13. The van der Waals surface area contributed by atoms with Gasteiger partial charge in [-0.2, -0.15) is 0 Å². The number of nitrogens with zero attached hydrogens (tertiary/aromatic N) is 2. The van der Waals surface area contributed by atoms with Gasteiger partial charge in [0.25, 0.3) is 5.56 Å². The molecule has 0 atom stereocenters. The molecule has 82 valence electrons. The zero-order valence-electron chi connectivity index (χ0n) is 9.11. The van der Waals surface area contributed by atoms with Crippen molar-refractivity contribution in [3.05, 3.63) is 32.1 Å². The standard InChI is InChI=1S/C10H14N2O3/c1-6(2)12-9(13)7-4-15-5-8(7)11(3)10(12)14/h6H,4-5H2,1-3H3. The molecule has 1 aromatic rings.